The number of amides is 1. The van der Waals surface area contributed by atoms with Crippen LogP contribution >= 0.6 is 0 Å². The predicted octanol–water partition coefficient (Wildman–Crippen LogP) is 3.10. The van der Waals surface area contributed by atoms with Gasteiger partial charge in [-0.1, -0.05) is 12.1 Å². The molecule has 150 valence electrons. The largest absolute Gasteiger partial charge is 0.417 e. The summed E-state index contributed by atoms with van der Waals surface area (Å²) in [6.45, 7) is 1.04. The van der Waals surface area contributed by atoms with Gasteiger partial charge in [0.15, 0.2) is 0 Å². The maximum absolute atomic E-state index is 12.9. The number of carbonyl (C=O) groups is 1. The summed E-state index contributed by atoms with van der Waals surface area (Å²) in [5, 5.41) is 2.98. The lowest BCUT2D eigenvalue weighted by atomic mass is 10.1. The Labute approximate surface area is 162 Å². The van der Waals surface area contributed by atoms with E-state index >= 15 is 0 Å². The van der Waals surface area contributed by atoms with Crippen LogP contribution in [-0.4, -0.2) is 44.1 Å². The molecule has 3 rings (SSSR count). The lowest BCUT2D eigenvalue weighted by Gasteiger charge is -2.20. The van der Waals surface area contributed by atoms with E-state index < -0.39 is 11.7 Å². The first kappa shape index (κ1) is 20.0. The zero-order valence-corrected chi connectivity index (χ0v) is 15.8. The molecule has 28 heavy (non-hydrogen) atoms. The summed E-state index contributed by atoms with van der Waals surface area (Å²) in [6.07, 6.45) is -1.22. The molecule has 1 aliphatic rings. The van der Waals surface area contributed by atoms with E-state index in [1.807, 2.05) is 48.2 Å². The lowest BCUT2D eigenvalue weighted by Crippen LogP contribution is -2.38. The zero-order chi connectivity index (χ0) is 20.3. The quantitative estimate of drug-likeness (QED) is 0.850. The number of nitrogens with one attached hydrogen (secondary N) is 1. The van der Waals surface area contributed by atoms with E-state index in [1.165, 1.54) is 6.20 Å². The van der Waals surface area contributed by atoms with Crippen LogP contribution in [0.3, 0.4) is 0 Å². The first-order chi connectivity index (χ1) is 13.2. The van der Waals surface area contributed by atoms with E-state index in [4.69, 9.17) is 0 Å². The highest BCUT2D eigenvalue weighted by Crippen LogP contribution is 2.31. The number of nitrogens with zero attached hydrogens (tertiary/aromatic N) is 3. The molecule has 1 amide bonds. The number of benzene rings is 1. The molecule has 1 aromatic carbocycles. The number of halogens is 3. The highest BCUT2D eigenvalue weighted by molar-refractivity contribution is 5.79. The van der Waals surface area contributed by atoms with E-state index in [2.05, 4.69) is 10.3 Å². The minimum atomic E-state index is -4.42. The van der Waals surface area contributed by atoms with Crippen molar-refractivity contribution >= 4 is 17.3 Å². The fraction of sp³-hybridized carbons (Fsp3) is 0.400. The van der Waals surface area contributed by atoms with Crippen molar-refractivity contribution in [2.45, 2.75) is 25.1 Å². The second kappa shape index (κ2) is 8.08. The fourth-order valence-corrected chi connectivity index (χ4v) is 3.24. The summed E-state index contributed by atoms with van der Waals surface area (Å²) < 4.78 is 38.6. The smallest absolute Gasteiger partial charge is 0.378 e. The average Bonchev–Trinajstić information content (AvgIpc) is 3.10. The van der Waals surface area contributed by atoms with Crippen molar-refractivity contribution in [3.05, 3.63) is 53.9 Å². The molecule has 0 radical (unpaired) electrons. The minimum Gasteiger partial charge on any atom is -0.378 e. The number of hydrogen-bond donors (Lipinski definition) is 1. The van der Waals surface area contributed by atoms with Gasteiger partial charge in [-0.3, -0.25) is 9.78 Å². The molecule has 1 N–H and O–H groups in total. The Hall–Kier alpha value is -2.77. The molecule has 1 saturated heterocycles. The molecule has 0 spiro atoms. The number of anilines is 2. The molecule has 2 aromatic rings. The van der Waals surface area contributed by atoms with Gasteiger partial charge in [0, 0.05) is 45.1 Å². The van der Waals surface area contributed by atoms with Gasteiger partial charge in [-0.2, -0.15) is 13.2 Å². The minimum absolute atomic E-state index is 0.0911. The molecule has 0 bridgehead atoms. The van der Waals surface area contributed by atoms with Crippen LogP contribution in [0.1, 0.15) is 17.5 Å². The third-order valence-corrected chi connectivity index (χ3v) is 4.79. The van der Waals surface area contributed by atoms with Gasteiger partial charge < -0.3 is 15.1 Å². The molecule has 0 saturated carbocycles. The van der Waals surface area contributed by atoms with E-state index in [9.17, 15) is 18.0 Å². The summed E-state index contributed by atoms with van der Waals surface area (Å²) in [7, 11) is 3.90. The molecule has 1 fully saturated rings. The van der Waals surface area contributed by atoms with Gasteiger partial charge in [0.2, 0.25) is 5.91 Å². The van der Waals surface area contributed by atoms with Crippen molar-refractivity contribution in [2.24, 2.45) is 0 Å². The molecule has 8 heteroatoms. The molecule has 2 heterocycles. The average molecular weight is 392 g/mol. The normalized spacial score (nSPS) is 16.9. The highest BCUT2D eigenvalue weighted by atomic mass is 19.4. The molecule has 1 atom stereocenters. The van der Waals surface area contributed by atoms with Gasteiger partial charge in [0.25, 0.3) is 0 Å². The number of aromatic nitrogens is 1. The monoisotopic (exact) mass is 392 g/mol. The third-order valence-electron chi connectivity index (χ3n) is 4.79. The van der Waals surface area contributed by atoms with Crippen LogP contribution in [0.2, 0.25) is 0 Å². The number of carbonyl (C=O) groups excluding carboxylic acids is 1. The second-order valence-electron chi connectivity index (χ2n) is 7.17. The van der Waals surface area contributed by atoms with Crippen LogP contribution in [0, 0.1) is 0 Å². The Morgan fingerprint density at radius 1 is 1.25 bits per heavy atom. The molecule has 5 nitrogen and oxygen atoms in total. The Balaban J connectivity index is 1.55. The van der Waals surface area contributed by atoms with Crippen LogP contribution in [0.15, 0.2) is 42.7 Å². The molecule has 1 aromatic heterocycles. The SMILES string of the molecule is CN(C)c1ccc(CC(=O)N[C@@H]2CCN(c3cncc(C(F)(F)F)c3)C2)cc1. The Kier molecular flexibility index (Phi) is 5.76. The predicted molar refractivity (Wildman–Crippen MR) is 102 cm³/mol. The number of pyridine rings is 1. The van der Waals surface area contributed by atoms with Crippen LogP contribution < -0.4 is 15.1 Å². The Morgan fingerprint density at radius 3 is 2.61 bits per heavy atom. The van der Waals surface area contributed by atoms with Crippen molar-refractivity contribution in [3.63, 3.8) is 0 Å². The fourth-order valence-electron chi connectivity index (χ4n) is 3.24. The maximum atomic E-state index is 12.9. The van der Waals surface area contributed by atoms with Gasteiger partial charge in [-0.25, -0.2) is 0 Å². The number of rotatable bonds is 5. The molecule has 0 aliphatic carbocycles. The summed E-state index contributed by atoms with van der Waals surface area (Å²) in [6, 6.07) is 8.77. The molecule has 0 unspecified atom stereocenters. The molecule has 1 aliphatic heterocycles. The number of hydrogen-bond acceptors (Lipinski definition) is 4. The van der Waals surface area contributed by atoms with Crippen molar-refractivity contribution in [3.8, 4) is 0 Å². The number of alkyl halides is 3. The maximum Gasteiger partial charge on any atom is 0.417 e. The first-order valence-corrected chi connectivity index (χ1v) is 9.05. The van der Waals surface area contributed by atoms with Crippen LogP contribution in [0.25, 0.3) is 0 Å². The highest BCUT2D eigenvalue weighted by Gasteiger charge is 2.32. The van der Waals surface area contributed by atoms with Crippen molar-refractivity contribution in [1.82, 2.24) is 10.3 Å². The third kappa shape index (κ3) is 4.94. The summed E-state index contributed by atoms with van der Waals surface area (Å²) >= 11 is 0. The van der Waals surface area contributed by atoms with Crippen LogP contribution in [0.4, 0.5) is 24.5 Å². The topological polar surface area (TPSA) is 48.5 Å². The van der Waals surface area contributed by atoms with Crippen molar-refractivity contribution in [2.75, 3.05) is 37.0 Å². The molecular formula is C20H23F3N4O. The van der Waals surface area contributed by atoms with E-state index in [0.29, 0.717) is 25.2 Å². The second-order valence-corrected chi connectivity index (χ2v) is 7.17. The van der Waals surface area contributed by atoms with E-state index in [-0.39, 0.29) is 18.4 Å². The Morgan fingerprint density at radius 2 is 1.96 bits per heavy atom. The molecular weight excluding hydrogens is 369 g/mol. The first-order valence-electron chi connectivity index (χ1n) is 9.05. The summed E-state index contributed by atoms with van der Waals surface area (Å²) in [5.74, 6) is -0.0911. The van der Waals surface area contributed by atoms with E-state index in [1.54, 1.807) is 0 Å². The van der Waals surface area contributed by atoms with Crippen LogP contribution in [-0.2, 0) is 17.4 Å². The lowest BCUT2D eigenvalue weighted by molar-refractivity contribution is -0.137. The van der Waals surface area contributed by atoms with Crippen molar-refractivity contribution < 1.29 is 18.0 Å². The summed E-state index contributed by atoms with van der Waals surface area (Å²) in [5.41, 5.74) is 1.63. The standard InChI is InChI=1S/C20H23F3N4O/c1-26(2)17-5-3-14(4-6-17)9-19(28)25-16-7-8-27(13-16)18-10-15(11-24-12-18)20(21,22)23/h3-6,10-12,16H,7-9,13H2,1-2H3,(H,25,28)/t16-/m1/s1. The zero-order valence-electron chi connectivity index (χ0n) is 15.8. The van der Waals surface area contributed by atoms with Gasteiger partial charge >= 0.3 is 6.18 Å². The van der Waals surface area contributed by atoms with Gasteiger partial charge in [-0.05, 0) is 30.2 Å². The van der Waals surface area contributed by atoms with Gasteiger partial charge in [0.05, 0.1) is 23.9 Å². The Bertz CT molecular complexity index is 821. The van der Waals surface area contributed by atoms with Crippen molar-refractivity contribution in [1.29, 1.82) is 0 Å². The van der Waals surface area contributed by atoms with Gasteiger partial charge in [-0.15, -0.1) is 0 Å². The van der Waals surface area contributed by atoms with Gasteiger partial charge in [0.1, 0.15) is 0 Å². The van der Waals surface area contributed by atoms with E-state index in [0.717, 1.165) is 23.5 Å². The van der Waals surface area contributed by atoms with Crippen LogP contribution in [0.5, 0.6) is 0 Å². The summed E-state index contributed by atoms with van der Waals surface area (Å²) in [4.78, 5) is 19.8.